The number of amides is 2. The van der Waals surface area contributed by atoms with E-state index >= 15 is 0 Å². The molecule has 1 N–H and O–H groups in total. The monoisotopic (exact) mass is 657 g/mol. The summed E-state index contributed by atoms with van der Waals surface area (Å²) in [6, 6.07) is 21.4. The lowest BCUT2D eigenvalue weighted by atomic mass is 9.83. The van der Waals surface area contributed by atoms with Crippen LogP contribution in [0.1, 0.15) is 34.0 Å². The van der Waals surface area contributed by atoms with E-state index in [1.54, 1.807) is 47.4 Å². The molecule has 3 aliphatic rings. The van der Waals surface area contributed by atoms with E-state index in [9.17, 15) is 23.2 Å². The Kier molecular flexibility index (Phi) is 8.44. The number of piperidine rings is 1. The largest absolute Gasteiger partial charge is 0.369 e. The van der Waals surface area contributed by atoms with Gasteiger partial charge >= 0.3 is 0 Å². The Morgan fingerprint density at radius 1 is 0.851 bits per heavy atom. The summed E-state index contributed by atoms with van der Waals surface area (Å²) in [5, 5.41) is 3.13. The molecule has 1 aromatic heterocycles. The zero-order valence-corrected chi connectivity index (χ0v) is 26.4. The lowest BCUT2D eigenvalue weighted by Gasteiger charge is -2.44. The van der Waals surface area contributed by atoms with Gasteiger partial charge in [0.25, 0.3) is 11.5 Å². The van der Waals surface area contributed by atoms with Crippen LogP contribution in [-0.4, -0.2) is 60.5 Å². The quantitative estimate of drug-likeness (QED) is 0.295. The lowest BCUT2D eigenvalue weighted by molar-refractivity contribution is -0.115. The van der Waals surface area contributed by atoms with E-state index in [-0.39, 0.29) is 46.1 Å². The number of nitrogens with zero attached hydrogens (tertiary/aromatic N) is 4. The number of pyridine rings is 1. The van der Waals surface area contributed by atoms with Crippen molar-refractivity contribution in [2.45, 2.75) is 25.3 Å². The number of hydrogen-bond acceptors (Lipinski definition) is 5. The van der Waals surface area contributed by atoms with Crippen LogP contribution in [0.5, 0.6) is 0 Å². The SMILES string of the molecule is O=C(Cc1c(F)cccc1Cl)Nc1cc(C(=O)N2CCN(c3ccc(F)cc3)CC2)ccc1N1C[C@H]2C[C@@H](C1)c1cccc(=O)n1C2. The minimum Gasteiger partial charge on any atom is -0.369 e. The van der Waals surface area contributed by atoms with Crippen molar-refractivity contribution in [3.63, 3.8) is 0 Å². The van der Waals surface area contributed by atoms with Crippen molar-refractivity contribution in [1.82, 2.24) is 9.47 Å². The van der Waals surface area contributed by atoms with Crippen LogP contribution < -0.4 is 20.7 Å². The smallest absolute Gasteiger partial charge is 0.254 e. The van der Waals surface area contributed by atoms with Gasteiger partial charge in [0.05, 0.1) is 17.8 Å². The Bertz CT molecular complexity index is 1870. The van der Waals surface area contributed by atoms with E-state index in [2.05, 4.69) is 15.1 Å². The third kappa shape index (κ3) is 6.34. The first-order valence-corrected chi connectivity index (χ1v) is 16.2. The maximum absolute atomic E-state index is 14.6. The maximum Gasteiger partial charge on any atom is 0.254 e. The van der Waals surface area contributed by atoms with Crippen LogP contribution >= 0.6 is 11.6 Å². The number of halogens is 3. The van der Waals surface area contributed by atoms with Crippen molar-refractivity contribution < 1.29 is 18.4 Å². The summed E-state index contributed by atoms with van der Waals surface area (Å²) in [5.41, 5.74) is 3.67. The molecule has 47 heavy (non-hydrogen) atoms. The minimum atomic E-state index is -0.561. The van der Waals surface area contributed by atoms with Gasteiger partial charge in [0.2, 0.25) is 5.91 Å². The molecule has 3 aliphatic heterocycles. The number of piperazine rings is 1. The summed E-state index contributed by atoms with van der Waals surface area (Å²) in [4.78, 5) is 45.8. The molecule has 0 unspecified atom stereocenters. The van der Waals surface area contributed by atoms with E-state index in [0.717, 1.165) is 23.5 Å². The Balaban J connectivity index is 1.14. The Labute approximate surface area is 276 Å². The van der Waals surface area contributed by atoms with Crippen LogP contribution in [-0.2, 0) is 17.8 Å². The molecule has 0 aliphatic carbocycles. The fourth-order valence-corrected chi connectivity index (χ4v) is 7.43. The molecule has 2 fully saturated rings. The molecule has 4 aromatic rings. The van der Waals surface area contributed by atoms with Crippen LogP contribution in [0.25, 0.3) is 0 Å². The molecular formula is C36H34ClF2N5O3. The third-order valence-corrected chi connectivity index (χ3v) is 9.85. The van der Waals surface area contributed by atoms with Gasteiger partial charge in [-0.1, -0.05) is 23.7 Å². The van der Waals surface area contributed by atoms with Gasteiger partial charge in [0, 0.05) is 85.3 Å². The van der Waals surface area contributed by atoms with Crippen LogP contribution in [0, 0.1) is 17.6 Å². The van der Waals surface area contributed by atoms with Crippen molar-refractivity contribution in [3.8, 4) is 0 Å². The van der Waals surface area contributed by atoms with E-state index in [1.807, 2.05) is 16.7 Å². The van der Waals surface area contributed by atoms with Gasteiger partial charge in [-0.3, -0.25) is 14.4 Å². The second kappa shape index (κ2) is 12.8. The Hall–Kier alpha value is -4.70. The number of rotatable bonds is 6. The van der Waals surface area contributed by atoms with Crippen molar-refractivity contribution in [2.75, 3.05) is 54.4 Å². The van der Waals surface area contributed by atoms with Crippen LogP contribution in [0.3, 0.4) is 0 Å². The van der Waals surface area contributed by atoms with Crippen molar-refractivity contribution >= 4 is 40.5 Å². The number of nitrogens with one attached hydrogen (secondary N) is 1. The van der Waals surface area contributed by atoms with Gasteiger partial charge in [-0.25, -0.2) is 8.78 Å². The first-order chi connectivity index (χ1) is 22.7. The van der Waals surface area contributed by atoms with Crippen molar-refractivity contribution in [2.24, 2.45) is 5.92 Å². The van der Waals surface area contributed by atoms with Crippen molar-refractivity contribution in [1.29, 1.82) is 0 Å². The second-order valence-electron chi connectivity index (χ2n) is 12.5. The topological polar surface area (TPSA) is 77.9 Å². The molecule has 2 atom stereocenters. The van der Waals surface area contributed by atoms with Gasteiger partial charge in [-0.15, -0.1) is 0 Å². The maximum atomic E-state index is 14.6. The first kappa shape index (κ1) is 30.9. The summed E-state index contributed by atoms with van der Waals surface area (Å²) in [6.45, 7) is 4.11. The Morgan fingerprint density at radius 2 is 1.62 bits per heavy atom. The van der Waals surface area contributed by atoms with Gasteiger partial charge < -0.3 is 24.6 Å². The number of carbonyl (C=O) groups is 2. The molecule has 3 aromatic carbocycles. The second-order valence-corrected chi connectivity index (χ2v) is 12.9. The lowest BCUT2D eigenvalue weighted by Crippen LogP contribution is -2.49. The third-order valence-electron chi connectivity index (χ3n) is 9.50. The zero-order chi connectivity index (χ0) is 32.7. The summed E-state index contributed by atoms with van der Waals surface area (Å²) < 4.78 is 29.8. The molecule has 2 bridgehead atoms. The summed E-state index contributed by atoms with van der Waals surface area (Å²) >= 11 is 6.22. The number of benzene rings is 3. The average molecular weight is 658 g/mol. The fourth-order valence-electron chi connectivity index (χ4n) is 7.20. The molecule has 7 rings (SSSR count). The fraction of sp³-hybridized carbons (Fsp3) is 0.306. The van der Waals surface area contributed by atoms with Gasteiger partial charge in [0.1, 0.15) is 11.6 Å². The average Bonchev–Trinajstić information content (AvgIpc) is 3.07. The molecule has 0 spiro atoms. The zero-order valence-electron chi connectivity index (χ0n) is 25.7. The van der Waals surface area contributed by atoms with Gasteiger partial charge in [-0.2, -0.15) is 0 Å². The summed E-state index contributed by atoms with van der Waals surface area (Å²) in [7, 11) is 0. The summed E-state index contributed by atoms with van der Waals surface area (Å²) in [5.74, 6) is -1.10. The van der Waals surface area contributed by atoms with Crippen LogP contribution in [0.2, 0.25) is 5.02 Å². The van der Waals surface area contributed by atoms with E-state index in [1.165, 1.54) is 24.3 Å². The highest BCUT2D eigenvalue weighted by molar-refractivity contribution is 6.31. The van der Waals surface area contributed by atoms with Crippen LogP contribution in [0.4, 0.5) is 25.8 Å². The number of carbonyl (C=O) groups excluding carboxylic acids is 2. The molecule has 2 amide bonds. The van der Waals surface area contributed by atoms with E-state index in [4.69, 9.17) is 11.6 Å². The molecule has 0 radical (unpaired) electrons. The number of hydrogen-bond donors (Lipinski definition) is 1. The molecule has 11 heteroatoms. The van der Waals surface area contributed by atoms with E-state index in [0.29, 0.717) is 57.1 Å². The standard InChI is InChI=1S/C36H34ClF2N5O3/c37-29-3-1-4-30(39)28(29)19-34(45)40-31-18-24(36(47)42-15-13-41(14-16-42)27-10-8-26(38)9-11-27)7-12-33(31)43-20-23-17-25(22-43)32-5-2-6-35(46)44(32)21-23/h1-12,18,23,25H,13-17,19-22H2,(H,40,45)/t23-,25+/m1/s1. The predicted molar refractivity (Wildman–Crippen MR) is 178 cm³/mol. The molecule has 8 nitrogen and oxygen atoms in total. The number of aromatic nitrogens is 1. The van der Waals surface area contributed by atoms with Gasteiger partial charge in [-0.05, 0) is 73.0 Å². The van der Waals surface area contributed by atoms with Crippen molar-refractivity contribution in [3.05, 3.63) is 123 Å². The Morgan fingerprint density at radius 3 is 2.38 bits per heavy atom. The molecule has 0 saturated carbocycles. The van der Waals surface area contributed by atoms with Crippen LogP contribution in [0.15, 0.2) is 83.7 Å². The molecule has 242 valence electrons. The number of fused-ring (bicyclic) bond motifs is 4. The molecule has 2 saturated heterocycles. The molecule has 4 heterocycles. The molecular weight excluding hydrogens is 624 g/mol. The highest BCUT2D eigenvalue weighted by Crippen LogP contribution is 2.39. The minimum absolute atomic E-state index is 0.00627. The normalized spacial score (nSPS) is 18.9. The summed E-state index contributed by atoms with van der Waals surface area (Å²) in [6.07, 6.45) is 0.698. The van der Waals surface area contributed by atoms with Gasteiger partial charge in [0.15, 0.2) is 0 Å². The highest BCUT2D eigenvalue weighted by atomic mass is 35.5. The van der Waals surface area contributed by atoms with E-state index < -0.39 is 11.7 Å². The first-order valence-electron chi connectivity index (χ1n) is 15.8. The number of anilines is 3. The highest BCUT2D eigenvalue weighted by Gasteiger charge is 2.35. The predicted octanol–water partition coefficient (Wildman–Crippen LogP) is 5.55.